The summed E-state index contributed by atoms with van der Waals surface area (Å²) in [6.07, 6.45) is -0.646. The number of cyclic esters (lactones) is 1. The number of halogens is 2. The molecule has 1 aliphatic rings. The normalized spacial score (nSPS) is 18.5. The number of benzene rings is 3. The predicted molar refractivity (Wildman–Crippen MR) is 126 cm³/mol. The van der Waals surface area contributed by atoms with Gasteiger partial charge in [-0.3, -0.25) is 10.9 Å². The fourth-order valence-electron chi connectivity index (χ4n) is 2.81. The highest BCUT2D eigenvalue weighted by Gasteiger charge is 2.39. The molecule has 1 unspecified atom stereocenters. The van der Waals surface area contributed by atoms with Gasteiger partial charge < -0.3 is 4.74 Å². The third-order valence-electron chi connectivity index (χ3n) is 4.30. The average Bonchev–Trinajstić information content (AvgIpc) is 3.09. The smallest absolute Gasteiger partial charge is 0.361 e. The van der Waals surface area contributed by atoms with E-state index >= 15 is 0 Å². The van der Waals surface area contributed by atoms with E-state index in [4.69, 9.17) is 4.74 Å². The highest BCUT2D eigenvalue weighted by Crippen LogP contribution is 2.27. The van der Waals surface area contributed by atoms with Crippen molar-refractivity contribution >= 4 is 60.6 Å². The van der Waals surface area contributed by atoms with Crippen LogP contribution in [0.2, 0.25) is 0 Å². The van der Waals surface area contributed by atoms with Crippen LogP contribution in [0.15, 0.2) is 98.0 Å². The second-order valence-electron chi connectivity index (χ2n) is 6.39. The van der Waals surface area contributed by atoms with Gasteiger partial charge in [-0.2, -0.15) is 10.2 Å². The minimum absolute atomic E-state index is 0.122. The molecule has 1 aliphatic heterocycles. The summed E-state index contributed by atoms with van der Waals surface area (Å²) in [5, 5.41) is 8.75. The van der Waals surface area contributed by atoms with Gasteiger partial charge in [-0.05, 0) is 54.1 Å². The number of hydrogen-bond acceptors (Lipinski definition) is 6. The molecule has 1 saturated heterocycles. The van der Waals surface area contributed by atoms with Gasteiger partial charge in [0.05, 0.1) is 11.4 Å². The maximum atomic E-state index is 12.6. The highest BCUT2D eigenvalue weighted by molar-refractivity contribution is 9.10. The van der Waals surface area contributed by atoms with Crippen LogP contribution in [0.4, 0.5) is 11.4 Å². The molecule has 0 aliphatic carbocycles. The Bertz CT molecular complexity index is 1100. The van der Waals surface area contributed by atoms with Gasteiger partial charge in [0.15, 0.2) is 11.8 Å². The van der Waals surface area contributed by atoms with Gasteiger partial charge in [0.2, 0.25) is 0 Å². The zero-order valence-corrected chi connectivity index (χ0v) is 18.7. The van der Waals surface area contributed by atoms with Crippen molar-refractivity contribution in [2.75, 3.05) is 10.9 Å². The van der Waals surface area contributed by atoms with Crippen LogP contribution in [-0.4, -0.2) is 17.4 Å². The minimum atomic E-state index is -0.646. The molecule has 0 amide bonds. The van der Waals surface area contributed by atoms with Crippen molar-refractivity contribution in [3.63, 3.8) is 0 Å². The second-order valence-corrected chi connectivity index (χ2v) is 8.22. The number of hydrogen-bond donors (Lipinski definition) is 2. The van der Waals surface area contributed by atoms with Crippen LogP contribution in [0, 0.1) is 0 Å². The summed E-state index contributed by atoms with van der Waals surface area (Å²) in [5.74, 6) is -0.537. The van der Waals surface area contributed by atoms with Gasteiger partial charge in [-0.1, -0.05) is 62.2 Å². The molecular weight excluding hydrogens is 512 g/mol. The molecule has 3 aromatic rings. The topological polar surface area (TPSA) is 75.1 Å². The monoisotopic (exact) mass is 526 g/mol. The Balaban J connectivity index is 1.66. The number of nitrogens with zero attached hydrogens (tertiary/aromatic N) is 2. The molecule has 1 atom stereocenters. The first-order valence-corrected chi connectivity index (χ1v) is 10.6. The van der Waals surface area contributed by atoms with E-state index in [0.717, 1.165) is 25.9 Å². The summed E-state index contributed by atoms with van der Waals surface area (Å²) in [6.45, 7) is 0. The second kappa shape index (κ2) is 9.23. The molecule has 3 aromatic carbocycles. The number of carbonyl (C=O) groups excluding carboxylic acids is 1. The van der Waals surface area contributed by atoms with Crippen LogP contribution >= 0.6 is 31.9 Å². The Hall–Kier alpha value is -2.97. The Morgan fingerprint density at radius 3 is 1.83 bits per heavy atom. The first-order chi connectivity index (χ1) is 14.6. The average molecular weight is 528 g/mol. The summed E-state index contributed by atoms with van der Waals surface area (Å²) in [5.41, 5.74) is 8.75. The lowest BCUT2D eigenvalue weighted by Gasteiger charge is -2.10. The van der Waals surface area contributed by atoms with Crippen molar-refractivity contribution in [3.05, 3.63) is 93.4 Å². The molecule has 4 rings (SSSR count). The van der Waals surface area contributed by atoms with Crippen molar-refractivity contribution < 1.29 is 9.53 Å². The van der Waals surface area contributed by atoms with Crippen LogP contribution in [0.3, 0.4) is 0 Å². The van der Waals surface area contributed by atoms with E-state index < -0.39 is 12.1 Å². The van der Waals surface area contributed by atoms with E-state index in [-0.39, 0.29) is 5.71 Å². The molecule has 8 heteroatoms. The van der Waals surface area contributed by atoms with Crippen molar-refractivity contribution in [2.24, 2.45) is 10.2 Å². The Morgan fingerprint density at radius 1 is 0.733 bits per heavy atom. The predicted octanol–water partition coefficient (Wildman–Crippen LogP) is 5.75. The van der Waals surface area contributed by atoms with Gasteiger partial charge >= 0.3 is 5.97 Å². The zero-order valence-electron chi connectivity index (χ0n) is 15.5. The molecule has 2 N–H and O–H groups in total. The number of carbonyl (C=O) groups is 1. The van der Waals surface area contributed by atoms with Gasteiger partial charge in [-0.25, -0.2) is 4.79 Å². The number of nitrogens with one attached hydrogen (secondary N) is 2. The fraction of sp³-hybridized carbons (Fsp3) is 0.0455. The van der Waals surface area contributed by atoms with E-state index in [1.807, 2.05) is 78.9 Å². The number of anilines is 2. The maximum absolute atomic E-state index is 12.6. The largest absolute Gasteiger partial charge is 0.446 e. The van der Waals surface area contributed by atoms with Crippen molar-refractivity contribution in [1.29, 1.82) is 0 Å². The van der Waals surface area contributed by atoms with Gasteiger partial charge in [-0.15, -0.1) is 0 Å². The summed E-state index contributed by atoms with van der Waals surface area (Å²) in [4.78, 5) is 12.6. The molecule has 0 bridgehead atoms. The molecule has 30 heavy (non-hydrogen) atoms. The van der Waals surface area contributed by atoms with Crippen LogP contribution in [0.25, 0.3) is 0 Å². The van der Waals surface area contributed by atoms with E-state index in [0.29, 0.717) is 5.71 Å². The highest BCUT2D eigenvalue weighted by atomic mass is 79.9. The SMILES string of the molecule is O=C1OC(c2ccccc2)C(=N\Nc2ccc(Br)cc2)/C1=N/Nc1ccc(Br)cc1. The third-order valence-corrected chi connectivity index (χ3v) is 5.36. The Morgan fingerprint density at radius 2 is 1.27 bits per heavy atom. The molecule has 6 nitrogen and oxygen atoms in total. The molecule has 1 fully saturated rings. The first kappa shape index (κ1) is 20.3. The molecule has 0 aromatic heterocycles. The quantitative estimate of drug-likeness (QED) is 0.327. The first-order valence-electron chi connectivity index (χ1n) is 9.05. The Kier molecular flexibility index (Phi) is 6.25. The van der Waals surface area contributed by atoms with E-state index in [2.05, 4.69) is 52.9 Å². The van der Waals surface area contributed by atoms with Crippen LogP contribution in [-0.2, 0) is 9.53 Å². The number of esters is 1. The van der Waals surface area contributed by atoms with Crippen molar-refractivity contribution in [1.82, 2.24) is 0 Å². The van der Waals surface area contributed by atoms with Gasteiger partial charge in [0, 0.05) is 8.95 Å². The molecule has 0 radical (unpaired) electrons. The third kappa shape index (κ3) is 4.77. The lowest BCUT2D eigenvalue weighted by Crippen LogP contribution is -2.20. The number of ether oxygens (including phenoxy) is 1. The molecule has 150 valence electrons. The standard InChI is InChI=1S/C22H16Br2N4O2/c23-15-6-10-17(11-7-15)25-27-19-20(28-26-18-12-8-16(24)9-13-18)22(29)30-21(19)14-4-2-1-3-5-14/h1-13,21,25-26H/b27-19-,28-20-. The summed E-state index contributed by atoms with van der Waals surface area (Å²) in [6, 6.07) is 24.5. The van der Waals surface area contributed by atoms with E-state index in [1.54, 1.807) is 0 Å². The van der Waals surface area contributed by atoms with E-state index in [1.165, 1.54) is 0 Å². The molecule has 0 saturated carbocycles. The fourth-order valence-corrected chi connectivity index (χ4v) is 3.34. The lowest BCUT2D eigenvalue weighted by molar-refractivity contribution is -0.136. The summed E-state index contributed by atoms with van der Waals surface area (Å²) >= 11 is 6.80. The van der Waals surface area contributed by atoms with E-state index in [9.17, 15) is 4.79 Å². The summed E-state index contributed by atoms with van der Waals surface area (Å²) in [7, 11) is 0. The van der Waals surface area contributed by atoms with Crippen molar-refractivity contribution in [2.45, 2.75) is 6.10 Å². The van der Waals surface area contributed by atoms with Crippen LogP contribution in [0.5, 0.6) is 0 Å². The lowest BCUT2D eigenvalue weighted by atomic mass is 10.0. The van der Waals surface area contributed by atoms with Crippen LogP contribution < -0.4 is 10.9 Å². The van der Waals surface area contributed by atoms with Gasteiger partial charge in [0.1, 0.15) is 5.71 Å². The number of hydrazone groups is 2. The minimum Gasteiger partial charge on any atom is -0.446 e. The van der Waals surface area contributed by atoms with Gasteiger partial charge in [0.25, 0.3) is 0 Å². The molecule has 1 heterocycles. The maximum Gasteiger partial charge on any atom is 0.361 e. The Labute approximate surface area is 190 Å². The molecular formula is C22H16Br2N4O2. The van der Waals surface area contributed by atoms with Crippen LogP contribution in [0.1, 0.15) is 11.7 Å². The summed E-state index contributed by atoms with van der Waals surface area (Å²) < 4.78 is 7.50. The molecule has 0 spiro atoms. The zero-order chi connectivity index (χ0) is 20.9. The van der Waals surface area contributed by atoms with Crippen molar-refractivity contribution in [3.8, 4) is 0 Å². The number of rotatable bonds is 5.